The van der Waals surface area contributed by atoms with Crippen LogP contribution in [0.25, 0.3) is 10.8 Å². The lowest BCUT2D eigenvalue weighted by molar-refractivity contribution is 0.230. The SMILES string of the molecule is CC(N)c1ccc2ccccc2c1OC1C=CCCC1. The molecule has 1 aliphatic carbocycles. The molecule has 2 unspecified atom stereocenters. The van der Waals surface area contributed by atoms with Crippen molar-refractivity contribution in [3.05, 3.63) is 54.1 Å². The second-order valence-electron chi connectivity index (χ2n) is 5.51. The first-order valence-electron chi connectivity index (χ1n) is 7.36. The van der Waals surface area contributed by atoms with Crippen molar-refractivity contribution in [1.82, 2.24) is 0 Å². The molecule has 0 amide bonds. The first-order valence-corrected chi connectivity index (χ1v) is 7.36. The molecule has 2 atom stereocenters. The normalized spacial score (nSPS) is 20.0. The third-order valence-electron chi connectivity index (χ3n) is 3.88. The summed E-state index contributed by atoms with van der Waals surface area (Å²) in [6.07, 6.45) is 8.00. The predicted octanol–water partition coefficient (Wildman–Crippen LogP) is 4.35. The zero-order valence-electron chi connectivity index (χ0n) is 11.9. The molecule has 0 saturated heterocycles. The highest BCUT2D eigenvalue weighted by Gasteiger charge is 2.16. The molecule has 0 radical (unpaired) electrons. The van der Waals surface area contributed by atoms with Crippen LogP contribution in [0.15, 0.2) is 48.6 Å². The zero-order chi connectivity index (χ0) is 13.9. The topological polar surface area (TPSA) is 35.2 Å². The van der Waals surface area contributed by atoms with Crippen molar-refractivity contribution in [3.63, 3.8) is 0 Å². The Morgan fingerprint density at radius 1 is 1.20 bits per heavy atom. The van der Waals surface area contributed by atoms with Crippen molar-refractivity contribution in [3.8, 4) is 5.75 Å². The summed E-state index contributed by atoms with van der Waals surface area (Å²) in [5.74, 6) is 0.953. The number of hydrogen-bond donors (Lipinski definition) is 1. The van der Waals surface area contributed by atoms with Crippen molar-refractivity contribution in [1.29, 1.82) is 0 Å². The maximum atomic E-state index is 6.29. The van der Waals surface area contributed by atoms with Gasteiger partial charge < -0.3 is 10.5 Å². The smallest absolute Gasteiger partial charge is 0.132 e. The molecular formula is C18H21NO. The Labute approximate surface area is 120 Å². The van der Waals surface area contributed by atoms with E-state index in [0.29, 0.717) is 0 Å². The minimum atomic E-state index is -0.0258. The molecule has 2 nitrogen and oxygen atoms in total. The Morgan fingerprint density at radius 2 is 2.05 bits per heavy atom. The molecule has 0 bridgehead atoms. The molecule has 2 aromatic rings. The summed E-state index contributed by atoms with van der Waals surface area (Å²) >= 11 is 0. The summed E-state index contributed by atoms with van der Waals surface area (Å²) in [7, 11) is 0. The highest BCUT2D eigenvalue weighted by atomic mass is 16.5. The molecular weight excluding hydrogens is 246 g/mol. The standard InChI is InChI=1S/C18H21NO/c1-13(19)16-12-11-14-7-5-6-10-17(14)18(16)20-15-8-3-2-4-9-15/h3,5-8,10-13,15H,2,4,9,19H2,1H3. The number of ether oxygens (including phenoxy) is 1. The van der Waals surface area contributed by atoms with E-state index in [4.69, 9.17) is 10.5 Å². The summed E-state index contributed by atoms with van der Waals surface area (Å²) in [4.78, 5) is 0. The van der Waals surface area contributed by atoms with E-state index in [1.165, 1.54) is 11.8 Å². The van der Waals surface area contributed by atoms with Gasteiger partial charge in [-0.2, -0.15) is 0 Å². The third kappa shape index (κ3) is 2.56. The lowest BCUT2D eigenvalue weighted by atomic mass is 10.0. The average molecular weight is 267 g/mol. The van der Waals surface area contributed by atoms with Gasteiger partial charge in [0.2, 0.25) is 0 Å². The molecule has 104 valence electrons. The molecule has 0 spiro atoms. The number of hydrogen-bond acceptors (Lipinski definition) is 2. The summed E-state index contributed by atoms with van der Waals surface area (Å²) in [6, 6.07) is 12.5. The molecule has 0 aliphatic heterocycles. The van der Waals surface area contributed by atoms with Gasteiger partial charge in [-0.3, -0.25) is 0 Å². The Kier molecular flexibility index (Phi) is 3.75. The molecule has 1 aliphatic rings. The van der Waals surface area contributed by atoms with E-state index in [1.54, 1.807) is 0 Å². The van der Waals surface area contributed by atoms with Crippen molar-refractivity contribution in [2.24, 2.45) is 5.73 Å². The number of rotatable bonds is 3. The Morgan fingerprint density at radius 3 is 2.80 bits per heavy atom. The highest BCUT2D eigenvalue weighted by molar-refractivity contribution is 5.89. The Bertz CT molecular complexity index is 630. The average Bonchev–Trinajstić information content (AvgIpc) is 2.48. The molecule has 20 heavy (non-hydrogen) atoms. The Hall–Kier alpha value is -1.80. The largest absolute Gasteiger partial charge is 0.485 e. The van der Waals surface area contributed by atoms with Gasteiger partial charge in [0.05, 0.1) is 0 Å². The molecule has 0 saturated carbocycles. The van der Waals surface area contributed by atoms with Crippen molar-refractivity contribution < 1.29 is 4.74 Å². The number of allylic oxidation sites excluding steroid dienone is 1. The van der Waals surface area contributed by atoms with Crippen LogP contribution in [0.5, 0.6) is 5.75 Å². The molecule has 2 N–H and O–H groups in total. The summed E-state index contributed by atoms with van der Waals surface area (Å²) in [5.41, 5.74) is 7.20. The van der Waals surface area contributed by atoms with Crippen LogP contribution in [0.3, 0.4) is 0 Å². The van der Waals surface area contributed by atoms with Crippen LogP contribution in [0, 0.1) is 0 Å². The maximum absolute atomic E-state index is 6.29. The monoisotopic (exact) mass is 267 g/mol. The highest BCUT2D eigenvalue weighted by Crippen LogP contribution is 2.34. The molecule has 0 heterocycles. The van der Waals surface area contributed by atoms with Crippen LogP contribution < -0.4 is 10.5 Å². The molecule has 0 aromatic heterocycles. The molecule has 0 fully saturated rings. The van der Waals surface area contributed by atoms with E-state index in [0.717, 1.165) is 29.5 Å². The predicted molar refractivity (Wildman–Crippen MR) is 84.0 cm³/mol. The second kappa shape index (κ2) is 5.68. The van der Waals surface area contributed by atoms with E-state index in [9.17, 15) is 0 Å². The van der Waals surface area contributed by atoms with Gasteiger partial charge in [-0.15, -0.1) is 0 Å². The van der Waals surface area contributed by atoms with E-state index in [2.05, 4.69) is 48.6 Å². The zero-order valence-corrected chi connectivity index (χ0v) is 11.9. The van der Waals surface area contributed by atoms with Crippen molar-refractivity contribution in [2.75, 3.05) is 0 Å². The van der Waals surface area contributed by atoms with Gasteiger partial charge >= 0.3 is 0 Å². The minimum absolute atomic E-state index is 0.0258. The van der Waals surface area contributed by atoms with Crippen molar-refractivity contribution >= 4 is 10.8 Å². The third-order valence-corrected chi connectivity index (χ3v) is 3.88. The fourth-order valence-electron chi connectivity index (χ4n) is 2.78. The van der Waals surface area contributed by atoms with Crippen LogP contribution in [-0.2, 0) is 0 Å². The fourth-order valence-corrected chi connectivity index (χ4v) is 2.78. The quantitative estimate of drug-likeness (QED) is 0.839. The van der Waals surface area contributed by atoms with Crippen molar-refractivity contribution in [2.45, 2.75) is 38.3 Å². The van der Waals surface area contributed by atoms with Gasteiger partial charge in [-0.05, 0) is 37.6 Å². The van der Waals surface area contributed by atoms with Gasteiger partial charge in [0.1, 0.15) is 11.9 Å². The van der Waals surface area contributed by atoms with E-state index >= 15 is 0 Å². The molecule has 2 aromatic carbocycles. The Balaban J connectivity index is 2.07. The van der Waals surface area contributed by atoms with Crippen LogP contribution in [-0.4, -0.2) is 6.10 Å². The summed E-state index contributed by atoms with van der Waals surface area (Å²) in [6.45, 7) is 2.01. The molecule has 2 heteroatoms. The van der Waals surface area contributed by atoms with Gasteiger partial charge in [-0.1, -0.05) is 42.5 Å². The van der Waals surface area contributed by atoms with Crippen LogP contribution >= 0.6 is 0 Å². The van der Waals surface area contributed by atoms with Gasteiger partial charge in [0.15, 0.2) is 0 Å². The van der Waals surface area contributed by atoms with Gasteiger partial charge in [0, 0.05) is 17.0 Å². The van der Waals surface area contributed by atoms with E-state index in [1.807, 2.05) is 6.92 Å². The van der Waals surface area contributed by atoms with Gasteiger partial charge in [-0.25, -0.2) is 0 Å². The summed E-state index contributed by atoms with van der Waals surface area (Å²) in [5, 5.41) is 2.35. The maximum Gasteiger partial charge on any atom is 0.132 e. The number of benzene rings is 2. The lowest BCUT2D eigenvalue weighted by Gasteiger charge is -2.23. The number of fused-ring (bicyclic) bond motifs is 1. The second-order valence-corrected chi connectivity index (χ2v) is 5.51. The van der Waals surface area contributed by atoms with E-state index in [-0.39, 0.29) is 12.1 Å². The summed E-state index contributed by atoms with van der Waals surface area (Å²) < 4.78 is 6.29. The van der Waals surface area contributed by atoms with Gasteiger partial charge in [0.25, 0.3) is 0 Å². The first-order chi connectivity index (χ1) is 9.75. The number of nitrogens with two attached hydrogens (primary N) is 1. The van der Waals surface area contributed by atoms with E-state index < -0.39 is 0 Å². The molecule has 3 rings (SSSR count). The van der Waals surface area contributed by atoms with Crippen LogP contribution in [0.1, 0.15) is 37.8 Å². The fraction of sp³-hybridized carbons (Fsp3) is 0.333. The van der Waals surface area contributed by atoms with Crippen LogP contribution in [0.2, 0.25) is 0 Å². The van der Waals surface area contributed by atoms with Crippen LogP contribution in [0.4, 0.5) is 0 Å². The lowest BCUT2D eigenvalue weighted by Crippen LogP contribution is -2.18. The minimum Gasteiger partial charge on any atom is -0.485 e. The first kappa shape index (κ1) is 13.2.